The number of carbonyl (C=O) groups excluding carboxylic acids is 1. The quantitative estimate of drug-likeness (QED) is 0.888. The molecule has 19 heavy (non-hydrogen) atoms. The first-order valence-corrected chi connectivity index (χ1v) is 6.77. The molecule has 1 fully saturated rings. The summed E-state index contributed by atoms with van der Waals surface area (Å²) in [6.45, 7) is 5.68. The van der Waals surface area contributed by atoms with Crippen LogP contribution in [0.1, 0.15) is 18.1 Å². The molecule has 1 saturated heterocycles. The van der Waals surface area contributed by atoms with Crippen molar-refractivity contribution in [2.75, 3.05) is 19.7 Å². The van der Waals surface area contributed by atoms with Crippen LogP contribution in [-0.2, 0) is 16.0 Å². The molecule has 2 unspecified atom stereocenters. The monoisotopic (exact) mass is 262 g/mol. The predicted octanol–water partition coefficient (Wildman–Crippen LogP) is 1.11. The molecule has 0 aromatic heterocycles. The van der Waals surface area contributed by atoms with Gasteiger partial charge >= 0.3 is 0 Å². The van der Waals surface area contributed by atoms with E-state index >= 15 is 0 Å². The highest BCUT2D eigenvalue weighted by atomic mass is 16.5. The number of ether oxygens (including phenoxy) is 1. The van der Waals surface area contributed by atoms with E-state index in [-0.39, 0.29) is 18.1 Å². The molecule has 1 amide bonds. The highest BCUT2D eigenvalue weighted by Gasteiger charge is 2.28. The third-order valence-electron chi connectivity index (χ3n) is 3.69. The first-order chi connectivity index (χ1) is 9.11. The Morgan fingerprint density at radius 2 is 2.21 bits per heavy atom. The molecule has 4 heteroatoms. The minimum absolute atomic E-state index is 0.0305. The van der Waals surface area contributed by atoms with Gasteiger partial charge in [0.2, 0.25) is 5.91 Å². The highest BCUT2D eigenvalue weighted by Crippen LogP contribution is 2.15. The summed E-state index contributed by atoms with van der Waals surface area (Å²) in [7, 11) is 0. The molecule has 0 saturated carbocycles. The summed E-state index contributed by atoms with van der Waals surface area (Å²) in [4.78, 5) is 14.3. The van der Waals surface area contributed by atoms with Gasteiger partial charge in [0.1, 0.15) is 0 Å². The van der Waals surface area contributed by atoms with Gasteiger partial charge in [-0.05, 0) is 25.0 Å². The molecule has 104 valence electrons. The number of amides is 1. The third kappa shape index (κ3) is 3.33. The van der Waals surface area contributed by atoms with Gasteiger partial charge in [0, 0.05) is 13.1 Å². The molecular weight excluding hydrogens is 240 g/mol. The molecule has 2 N–H and O–H groups in total. The van der Waals surface area contributed by atoms with Crippen LogP contribution < -0.4 is 5.73 Å². The van der Waals surface area contributed by atoms with E-state index in [1.54, 1.807) is 0 Å². The van der Waals surface area contributed by atoms with Gasteiger partial charge in [0.05, 0.1) is 25.2 Å². The zero-order chi connectivity index (χ0) is 13.8. The maximum atomic E-state index is 12.4. The van der Waals surface area contributed by atoms with Gasteiger partial charge in [0.25, 0.3) is 0 Å². The van der Waals surface area contributed by atoms with Gasteiger partial charge in [-0.2, -0.15) is 0 Å². The van der Waals surface area contributed by atoms with Crippen LogP contribution in [0.5, 0.6) is 0 Å². The van der Waals surface area contributed by atoms with Crippen LogP contribution in [0.25, 0.3) is 0 Å². The van der Waals surface area contributed by atoms with Crippen LogP contribution in [-0.4, -0.2) is 42.6 Å². The summed E-state index contributed by atoms with van der Waals surface area (Å²) in [5, 5.41) is 0. The fourth-order valence-electron chi connectivity index (χ4n) is 2.38. The summed E-state index contributed by atoms with van der Waals surface area (Å²) < 4.78 is 5.57. The Morgan fingerprint density at radius 3 is 2.89 bits per heavy atom. The van der Waals surface area contributed by atoms with Crippen molar-refractivity contribution in [3.8, 4) is 0 Å². The molecule has 2 rings (SSSR count). The minimum atomic E-state index is -0.0305. The Balaban J connectivity index is 2.04. The number of aryl methyl sites for hydroxylation is 1. The summed E-state index contributed by atoms with van der Waals surface area (Å²) in [5.74, 6) is 0.156. The number of benzene rings is 1. The maximum absolute atomic E-state index is 12.4. The van der Waals surface area contributed by atoms with Crippen molar-refractivity contribution in [2.24, 2.45) is 5.73 Å². The third-order valence-corrected chi connectivity index (χ3v) is 3.69. The highest BCUT2D eigenvalue weighted by molar-refractivity contribution is 5.79. The fraction of sp³-hybridized carbons (Fsp3) is 0.533. The smallest absolute Gasteiger partial charge is 0.227 e. The van der Waals surface area contributed by atoms with E-state index in [2.05, 4.69) is 0 Å². The average molecular weight is 262 g/mol. The average Bonchev–Trinajstić information content (AvgIpc) is 2.42. The van der Waals surface area contributed by atoms with Gasteiger partial charge < -0.3 is 15.4 Å². The Hall–Kier alpha value is -1.39. The van der Waals surface area contributed by atoms with Crippen molar-refractivity contribution in [3.05, 3.63) is 35.4 Å². The SMILES string of the molecule is Cc1ccccc1CC(=O)N1CC(CN)OCC1C. The van der Waals surface area contributed by atoms with E-state index in [1.165, 1.54) is 0 Å². The lowest BCUT2D eigenvalue weighted by Crippen LogP contribution is -2.53. The molecule has 2 atom stereocenters. The molecule has 4 nitrogen and oxygen atoms in total. The first kappa shape index (κ1) is 14.0. The summed E-state index contributed by atoms with van der Waals surface area (Å²) in [6.07, 6.45) is 0.422. The van der Waals surface area contributed by atoms with E-state index in [4.69, 9.17) is 10.5 Å². The van der Waals surface area contributed by atoms with E-state index < -0.39 is 0 Å². The zero-order valence-corrected chi connectivity index (χ0v) is 11.6. The standard InChI is InChI=1S/C15H22N2O2/c1-11-5-3-4-6-13(11)7-15(18)17-9-14(8-16)19-10-12(17)2/h3-6,12,14H,7-10,16H2,1-2H3. The largest absolute Gasteiger partial charge is 0.373 e. The minimum Gasteiger partial charge on any atom is -0.373 e. The number of hydrogen-bond acceptors (Lipinski definition) is 3. The van der Waals surface area contributed by atoms with Crippen LogP contribution in [0.3, 0.4) is 0 Å². The van der Waals surface area contributed by atoms with Crippen molar-refractivity contribution >= 4 is 5.91 Å². The summed E-state index contributed by atoms with van der Waals surface area (Å²) in [6, 6.07) is 8.14. The molecule has 1 aliphatic heterocycles. The van der Waals surface area contributed by atoms with Crippen molar-refractivity contribution in [3.63, 3.8) is 0 Å². The number of nitrogens with zero attached hydrogens (tertiary/aromatic N) is 1. The lowest BCUT2D eigenvalue weighted by atomic mass is 10.0. The maximum Gasteiger partial charge on any atom is 0.227 e. The molecular formula is C15H22N2O2. The van der Waals surface area contributed by atoms with Crippen LogP contribution in [0, 0.1) is 6.92 Å². The predicted molar refractivity (Wildman–Crippen MR) is 74.9 cm³/mol. The lowest BCUT2D eigenvalue weighted by Gasteiger charge is -2.37. The second-order valence-corrected chi connectivity index (χ2v) is 5.19. The Morgan fingerprint density at radius 1 is 1.47 bits per heavy atom. The van der Waals surface area contributed by atoms with Gasteiger partial charge in [-0.25, -0.2) is 0 Å². The molecule has 1 aliphatic rings. The Labute approximate surface area is 114 Å². The number of hydrogen-bond donors (Lipinski definition) is 1. The van der Waals surface area contributed by atoms with Crippen LogP contribution >= 0.6 is 0 Å². The number of carbonyl (C=O) groups is 1. The summed E-state index contributed by atoms with van der Waals surface area (Å²) in [5.41, 5.74) is 7.88. The second-order valence-electron chi connectivity index (χ2n) is 5.19. The van der Waals surface area contributed by atoms with Crippen molar-refractivity contribution in [1.82, 2.24) is 4.90 Å². The molecule has 1 aromatic carbocycles. The normalized spacial score (nSPS) is 23.4. The van der Waals surface area contributed by atoms with E-state index in [0.29, 0.717) is 26.1 Å². The van der Waals surface area contributed by atoms with Gasteiger partial charge in [-0.3, -0.25) is 4.79 Å². The molecule has 0 spiro atoms. The van der Waals surface area contributed by atoms with Gasteiger partial charge in [0.15, 0.2) is 0 Å². The molecule has 1 aromatic rings. The Kier molecular flexibility index (Phi) is 4.56. The van der Waals surface area contributed by atoms with E-state index in [1.807, 2.05) is 43.0 Å². The molecule has 0 radical (unpaired) electrons. The molecule has 0 bridgehead atoms. The van der Waals surface area contributed by atoms with Crippen LogP contribution in [0.4, 0.5) is 0 Å². The van der Waals surface area contributed by atoms with Crippen molar-refractivity contribution in [1.29, 1.82) is 0 Å². The van der Waals surface area contributed by atoms with E-state index in [9.17, 15) is 4.79 Å². The second kappa shape index (κ2) is 6.17. The summed E-state index contributed by atoms with van der Waals surface area (Å²) >= 11 is 0. The number of rotatable bonds is 3. The lowest BCUT2D eigenvalue weighted by molar-refractivity contribution is -0.142. The van der Waals surface area contributed by atoms with Gasteiger partial charge in [-0.1, -0.05) is 24.3 Å². The topological polar surface area (TPSA) is 55.6 Å². The van der Waals surface area contributed by atoms with Crippen molar-refractivity contribution in [2.45, 2.75) is 32.4 Å². The molecule has 1 heterocycles. The van der Waals surface area contributed by atoms with Crippen molar-refractivity contribution < 1.29 is 9.53 Å². The fourth-order valence-corrected chi connectivity index (χ4v) is 2.38. The molecule has 0 aliphatic carbocycles. The van der Waals surface area contributed by atoms with Crippen LogP contribution in [0.2, 0.25) is 0 Å². The van der Waals surface area contributed by atoms with Gasteiger partial charge in [-0.15, -0.1) is 0 Å². The number of nitrogens with two attached hydrogens (primary N) is 1. The Bertz CT molecular complexity index is 448. The zero-order valence-electron chi connectivity index (χ0n) is 11.6. The van der Waals surface area contributed by atoms with E-state index in [0.717, 1.165) is 11.1 Å². The number of morpholine rings is 1. The van der Waals surface area contributed by atoms with Crippen LogP contribution in [0.15, 0.2) is 24.3 Å². The first-order valence-electron chi connectivity index (χ1n) is 6.77.